The molecule has 1 saturated heterocycles. The first-order valence-corrected chi connectivity index (χ1v) is 12.8. The van der Waals surface area contributed by atoms with E-state index in [-0.39, 0.29) is 11.3 Å². The van der Waals surface area contributed by atoms with Gasteiger partial charge < -0.3 is 19.3 Å². The lowest BCUT2D eigenvalue weighted by atomic mass is 9.95. The summed E-state index contributed by atoms with van der Waals surface area (Å²) in [5, 5.41) is 11.3. The van der Waals surface area contributed by atoms with Crippen molar-refractivity contribution in [1.82, 2.24) is 14.5 Å². The summed E-state index contributed by atoms with van der Waals surface area (Å²) in [6.45, 7) is 3.70. The Morgan fingerprint density at radius 1 is 1.11 bits per heavy atom. The molecule has 2 heterocycles. The maximum Gasteiger partial charge on any atom is 0.295 e. The number of likely N-dealkylation sites (tertiary alicyclic amines) is 1. The Morgan fingerprint density at radius 2 is 1.91 bits per heavy atom. The van der Waals surface area contributed by atoms with Crippen LogP contribution >= 0.6 is 22.6 Å². The minimum absolute atomic E-state index is 0.101. The zero-order valence-corrected chi connectivity index (χ0v) is 21.7. The Balaban J connectivity index is 1.68. The van der Waals surface area contributed by atoms with Crippen molar-refractivity contribution in [1.29, 1.82) is 0 Å². The third kappa shape index (κ3) is 5.75. The topological polar surface area (TPSA) is 84.7 Å². The Hall–Kier alpha value is -3.14. The van der Waals surface area contributed by atoms with E-state index in [0.717, 1.165) is 22.0 Å². The number of ether oxygens (including phenoxy) is 1. The summed E-state index contributed by atoms with van der Waals surface area (Å²) in [7, 11) is 0. The first-order valence-electron chi connectivity index (χ1n) is 11.7. The van der Waals surface area contributed by atoms with Gasteiger partial charge in [0, 0.05) is 34.6 Å². The van der Waals surface area contributed by atoms with Crippen LogP contribution in [0, 0.1) is 3.57 Å². The maximum atomic E-state index is 13.2. The number of Topliss-reactive ketones (excluding diaryl/α,β-unsaturated/α-hetero) is 1. The average molecular weight is 585 g/mol. The van der Waals surface area contributed by atoms with E-state index in [4.69, 9.17) is 4.74 Å². The number of aromatic nitrogens is 2. The molecule has 182 valence electrons. The summed E-state index contributed by atoms with van der Waals surface area (Å²) >= 11 is 2.22. The molecule has 4 rings (SSSR count). The van der Waals surface area contributed by atoms with Crippen LogP contribution in [-0.4, -0.2) is 44.4 Å². The summed E-state index contributed by atoms with van der Waals surface area (Å²) < 4.78 is 8.75. The molecule has 35 heavy (non-hydrogen) atoms. The predicted octanol–water partition coefficient (Wildman–Crippen LogP) is 5.18. The highest BCUT2D eigenvalue weighted by atomic mass is 127. The van der Waals surface area contributed by atoms with Gasteiger partial charge >= 0.3 is 0 Å². The standard InChI is InChI=1S/C27H28IN3O4/c1-2-3-16-35-22-7-4-6-20(17-22)25(32)23-24(19-8-10-21(28)11-9-19)31(27(34)26(23)33)14-5-13-30-15-12-29-18-30/h4,6-12,15,17-18,24,32H,2-3,5,13-14,16H2,1H3/b25-23+. The van der Waals surface area contributed by atoms with Gasteiger partial charge in [0.1, 0.15) is 11.5 Å². The smallest absolute Gasteiger partial charge is 0.295 e. The molecule has 0 bridgehead atoms. The van der Waals surface area contributed by atoms with Crippen LogP contribution in [-0.2, 0) is 16.1 Å². The third-order valence-electron chi connectivity index (χ3n) is 5.97. The number of rotatable bonds is 10. The minimum Gasteiger partial charge on any atom is -0.507 e. The third-order valence-corrected chi connectivity index (χ3v) is 6.69. The number of ketones is 1. The van der Waals surface area contributed by atoms with Gasteiger partial charge in [-0.3, -0.25) is 9.59 Å². The zero-order valence-electron chi connectivity index (χ0n) is 19.6. The van der Waals surface area contributed by atoms with E-state index in [1.165, 1.54) is 0 Å². The Bertz CT molecular complexity index is 1210. The lowest BCUT2D eigenvalue weighted by molar-refractivity contribution is -0.139. The second-order valence-electron chi connectivity index (χ2n) is 8.43. The number of aliphatic hydroxyl groups is 1. The molecule has 1 aromatic heterocycles. The van der Waals surface area contributed by atoms with E-state index < -0.39 is 17.7 Å². The largest absolute Gasteiger partial charge is 0.507 e. The first-order chi connectivity index (χ1) is 17.0. The van der Waals surface area contributed by atoms with E-state index in [9.17, 15) is 14.7 Å². The summed E-state index contributed by atoms with van der Waals surface area (Å²) in [6, 6.07) is 14.0. The second-order valence-corrected chi connectivity index (χ2v) is 9.67. The first kappa shape index (κ1) is 25.0. The van der Waals surface area contributed by atoms with Gasteiger partial charge in [-0.05, 0) is 65.3 Å². The SMILES string of the molecule is CCCCOc1cccc(/C(O)=C2\C(=O)C(=O)N(CCCn3ccnc3)C2c2ccc(I)cc2)c1. The van der Waals surface area contributed by atoms with Crippen molar-refractivity contribution in [2.45, 2.75) is 38.8 Å². The molecule has 1 aliphatic rings. The van der Waals surface area contributed by atoms with Crippen molar-refractivity contribution >= 4 is 40.0 Å². The summed E-state index contributed by atoms with van der Waals surface area (Å²) in [6.07, 6.45) is 7.87. The number of carbonyl (C=O) groups is 2. The van der Waals surface area contributed by atoms with Crippen LogP contribution in [0.1, 0.15) is 43.4 Å². The number of imidazole rings is 1. The Kier molecular flexibility index (Phi) is 8.22. The molecule has 1 aliphatic heterocycles. The van der Waals surface area contributed by atoms with E-state index in [2.05, 4.69) is 34.5 Å². The monoisotopic (exact) mass is 585 g/mol. The molecule has 0 saturated carbocycles. The van der Waals surface area contributed by atoms with Crippen LogP contribution in [0.4, 0.5) is 0 Å². The number of unbranched alkanes of at least 4 members (excludes halogenated alkanes) is 1. The summed E-state index contributed by atoms with van der Waals surface area (Å²) in [5.74, 6) is -0.852. The molecule has 7 nitrogen and oxygen atoms in total. The second kappa shape index (κ2) is 11.5. The van der Waals surface area contributed by atoms with E-state index in [1.54, 1.807) is 35.6 Å². The molecule has 0 radical (unpaired) electrons. The fourth-order valence-corrected chi connectivity index (χ4v) is 4.53. The van der Waals surface area contributed by atoms with E-state index in [0.29, 0.717) is 37.4 Å². The van der Waals surface area contributed by atoms with Crippen LogP contribution in [0.2, 0.25) is 0 Å². The molecule has 0 aliphatic carbocycles. The number of amides is 1. The van der Waals surface area contributed by atoms with Crippen molar-refractivity contribution in [2.24, 2.45) is 0 Å². The van der Waals surface area contributed by atoms with Gasteiger partial charge in [0.25, 0.3) is 11.7 Å². The minimum atomic E-state index is -0.675. The number of carbonyl (C=O) groups excluding carboxylic acids is 2. The molecule has 2 aromatic carbocycles. The fourth-order valence-electron chi connectivity index (χ4n) is 4.17. The number of benzene rings is 2. The van der Waals surface area contributed by atoms with Crippen molar-refractivity contribution in [3.63, 3.8) is 0 Å². The van der Waals surface area contributed by atoms with Crippen molar-refractivity contribution in [3.05, 3.63) is 87.5 Å². The Morgan fingerprint density at radius 3 is 2.63 bits per heavy atom. The van der Waals surface area contributed by atoms with Gasteiger partial charge in [0.05, 0.1) is 24.5 Å². The van der Waals surface area contributed by atoms with Crippen molar-refractivity contribution < 1.29 is 19.4 Å². The van der Waals surface area contributed by atoms with Gasteiger partial charge in [-0.15, -0.1) is 0 Å². The van der Waals surface area contributed by atoms with E-state index >= 15 is 0 Å². The molecular weight excluding hydrogens is 557 g/mol. The Labute approximate surface area is 218 Å². The number of halogens is 1. The molecule has 1 amide bonds. The van der Waals surface area contributed by atoms with Gasteiger partial charge in [-0.2, -0.15) is 0 Å². The van der Waals surface area contributed by atoms with E-state index in [1.807, 2.05) is 41.1 Å². The van der Waals surface area contributed by atoms with Crippen LogP contribution < -0.4 is 4.74 Å². The molecule has 3 aromatic rings. The van der Waals surface area contributed by atoms with Crippen molar-refractivity contribution in [3.8, 4) is 5.75 Å². The summed E-state index contributed by atoms with van der Waals surface area (Å²) in [4.78, 5) is 31.9. The highest BCUT2D eigenvalue weighted by molar-refractivity contribution is 14.1. The number of aryl methyl sites for hydroxylation is 1. The van der Waals surface area contributed by atoms with Gasteiger partial charge in [0.2, 0.25) is 0 Å². The summed E-state index contributed by atoms with van der Waals surface area (Å²) in [5.41, 5.74) is 1.33. The molecule has 1 atom stereocenters. The quantitative estimate of drug-likeness (QED) is 0.117. The number of aliphatic hydroxyl groups excluding tert-OH is 1. The molecule has 1 fully saturated rings. The van der Waals surface area contributed by atoms with Gasteiger partial charge in [-0.25, -0.2) is 4.98 Å². The molecule has 1 N–H and O–H groups in total. The number of hydrogen-bond acceptors (Lipinski definition) is 5. The fraction of sp³-hybridized carbons (Fsp3) is 0.296. The normalized spacial score (nSPS) is 17.2. The molecule has 1 unspecified atom stereocenters. The number of nitrogens with zero attached hydrogens (tertiary/aromatic N) is 3. The zero-order chi connectivity index (χ0) is 24.8. The van der Waals surface area contributed by atoms with Crippen molar-refractivity contribution in [2.75, 3.05) is 13.2 Å². The average Bonchev–Trinajstić information content (AvgIpc) is 3.47. The predicted molar refractivity (Wildman–Crippen MR) is 142 cm³/mol. The van der Waals surface area contributed by atoms with Crippen LogP contribution in [0.3, 0.4) is 0 Å². The molecule has 8 heteroatoms. The lowest BCUT2D eigenvalue weighted by Crippen LogP contribution is -2.31. The highest BCUT2D eigenvalue weighted by Crippen LogP contribution is 2.40. The number of hydrogen-bond donors (Lipinski definition) is 1. The van der Waals surface area contributed by atoms with Crippen LogP contribution in [0.25, 0.3) is 5.76 Å². The van der Waals surface area contributed by atoms with Crippen LogP contribution in [0.5, 0.6) is 5.75 Å². The maximum absolute atomic E-state index is 13.2. The van der Waals surface area contributed by atoms with Crippen LogP contribution in [0.15, 0.2) is 72.8 Å². The van der Waals surface area contributed by atoms with Gasteiger partial charge in [0.15, 0.2) is 0 Å². The molecular formula is C27H28IN3O4. The van der Waals surface area contributed by atoms with Gasteiger partial charge in [-0.1, -0.05) is 37.6 Å². The lowest BCUT2D eigenvalue weighted by Gasteiger charge is -2.25. The molecule has 0 spiro atoms. The highest BCUT2D eigenvalue weighted by Gasteiger charge is 2.45.